The minimum absolute atomic E-state index is 0.199. The predicted octanol–water partition coefficient (Wildman–Crippen LogP) is 2.00. The third-order valence-electron chi connectivity index (χ3n) is 6.19. The average Bonchev–Trinajstić information content (AvgIpc) is 2.65. The molecule has 0 unspecified atom stereocenters. The van der Waals surface area contributed by atoms with Crippen molar-refractivity contribution in [1.29, 1.82) is 0 Å². The molecule has 2 aliphatic heterocycles. The first kappa shape index (κ1) is 20.4. The van der Waals surface area contributed by atoms with Gasteiger partial charge in [0.25, 0.3) is 0 Å². The molecular weight excluding hydrogens is 344 g/mol. The van der Waals surface area contributed by atoms with E-state index in [-0.39, 0.29) is 5.41 Å². The summed E-state index contributed by atoms with van der Waals surface area (Å²) in [5.41, 5.74) is 0.237. The lowest BCUT2D eigenvalue weighted by Gasteiger charge is -2.52. The maximum atomic E-state index is 11.5. The Bertz CT molecular complexity index is 631. The number of nitrogens with zero attached hydrogens (tertiary/aromatic N) is 2. The molecule has 27 heavy (non-hydrogen) atoms. The van der Waals surface area contributed by atoms with Crippen LogP contribution in [0.4, 0.5) is 0 Å². The molecule has 1 aromatic rings. The van der Waals surface area contributed by atoms with Gasteiger partial charge >= 0.3 is 0 Å². The molecule has 6 nitrogen and oxygen atoms in total. The van der Waals surface area contributed by atoms with E-state index in [2.05, 4.69) is 29.7 Å². The number of aliphatic hydroxyl groups is 1. The molecule has 0 saturated carbocycles. The van der Waals surface area contributed by atoms with Crippen molar-refractivity contribution >= 4 is 0 Å². The van der Waals surface area contributed by atoms with Crippen LogP contribution in [0.3, 0.4) is 0 Å². The largest absolute Gasteiger partial charge is 0.493 e. The molecule has 2 saturated heterocycles. The Kier molecular flexibility index (Phi) is 6.31. The number of morpholine rings is 1. The summed E-state index contributed by atoms with van der Waals surface area (Å²) in [6, 6.07) is 6.01. The van der Waals surface area contributed by atoms with Gasteiger partial charge in [-0.1, -0.05) is 26.0 Å². The SMILES string of the molecule is COc1cccc(CN2CC[C@@](O)(CN3CCOCC3)C(C)(C)C2)c1OC. The van der Waals surface area contributed by atoms with Crippen LogP contribution in [0.5, 0.6) is 11.5 Å². The van der Waals surface area contributed by atoms with E-state index in [9.17, 15) is 5.11 Å². The first-order chi connectivity index (χ1) is 12.9. The number of benzene rings is 1. The van der Waals surface area contributed by atoms with Crippen molar-refractivity contribution in [3.63, 3.8) is 0 Å². The van der Waals surface area contributed by atoms with E-state index in [4.69, 9.17) is 14.2 Å². The van der Waals surface area contributed by atoms with Crippen molar-refractivity contribution < 1.29 is 19.3 Å². The van der Waals surface area contributed by atoms with Crippen LogP contribution >= 0.6 is 0 Å². The summed E-state index contributed by atoms with van der Waals surface area (Å²) < 4.78 is 16.5. The van der Waals surface area contributed by atoms with Crippen LogP contribution in [0.15, 0.2) is 18.2 Å². The number of methoxy groups -OCH3 is 2. The highest BCUT2D eigenvalue weighted by Gasteiger charge is 2.48. The van der Waals surface area contributed by atoms with E-state index in [1.54, 1.807) is 14.2 Å². The highest BCUT2D eigenvalue weighted by atomic mass is 16.5. The first-order valence-corrected chi connectivity index (χ1v) is 9.83. The van der Waals surface area contributed by atoms with Gasteiger partial charge in [0, 0.05) is 50.2 Å². The lowest BCUT2D eigenvalue weighted by molar-refractivity contribution is -0.141. The fourth-order valence-corrected chi connectivity index (χ4v) is 4.34. The summed E-state index contributed by atoms with van der Waals surface area (Å²) in [6.07, 6.45) is 0.768. The number of likely N-dealkylation sites (tertiary alicyclic amines) is 1. The molecular formula is C21H34N2O4. The molecule has 1 atom stereocenters. The molecule has 0 aliphatic carbocycles. The van der Waals surface area contributed by atoms with Gasteiger partial charge in [0.2, 0.25) is 0 Å². The van der Waals surface area contributed by atoms with E-state index in [0.29, 0.717) is 0 Å². The first-order valence-electron chi connectivity index (χ1n) is 9.83. The zero-order chi connectivity index (χ0) is 19.5. The van der Waals surface area contributed by atoms with Crippen molar-refractivity contribution in [3.05, 3.63) is 23.8 Å². The van der Waals surface area contributed by atoms with Gasteiger partial charge in [0.15, 0.2) is 11.5 Å². The van der Waals surface area contributed by atoms with E-state index >= 15 is 0 Å². The number of β-amino-alcohol motifs (C(OH)–C–C–N with tert-alkyl or cyclic N) is 1. The van der Waals surface area contributed by atoms with Crippen LogP contribution in [0.25, 0.3) is 0 Å². The van der Waals surface area contributed by atoms with Gasteiger partial charge in [-0.25, -0.2) is 0 Å². The van der Waals surface area contributed by atoms with Crippen molar-refractivity contribution in [3.8, 4) is 11.5 Å². The van der Waals surface area contributed by atoms with Crippen LogP contribution in [-0.4, -0.2) is 80.7 Å². The molecule has 152 valence electrons. The quantitative estimate of drug-likeness (QED) is 0.817. The average molecular weight is 379 g/mol. The molecule has 2 aliphatic rings. The number of hydrogen-bond donors (Lipinski definition) is 1. The Morgan fingerprint density at radius 2 is 1.81 bits per heavy atom. The van der Waals surface area contributed by atoms with Crippen LogP contribution in [0.2, 0.25) is 0 Å². The van der Waals surface area contributed by atoms with E-state index in [1.807, 2.05) is 12.1 Å². The Labute approximate surface area is 163 Å². The van der Waals surface area contributed by atoms with Crippen molar-refractivity contribution in [1.82, 2.24) is 9.80 Å². The maximum Gasteiger partial charge on any atom is 0.165 e. The summed E-state index contributed by atoms with van der Waals surface area (Å²) in [5.74, 6) is 1.56. The zero-order valence-electron chi connectivity index (χ0n) is 17.2. The molecule has 6 heteroatoms. The van der Waals surface area contributed by atoms with Gasteiger partial charge in [-0.05, 0) is 12.5 Å². The normalized spacial score (nSPS) is 26.7. The third kappa shape index (κ3) is 4.40. The molecule has 2 heterocycles. The molecule has 0 radical (unpaired) electrons. The van der Waals surface area contributed by atoms with Gasteiger partial charge in [0.05, 0.1) is 33.0 Å². The Hall–Kier alpha value is -1.34. The second kappa shape index (κ2) is 8.35. The van der Waals surface area contributed by atoms with Gasteiger partial charge in [-0.2, -0.15) is 0 Å². The molecule has 1 N–H and O–H groups in total. The van der Waals surface area contributed by atoms with Gasteiger partial charge < -0.3 is 19.3 Å². The fraction of sp³-hybridized carbons (Fsp3) is 0.714. The zero-order valence-corrected chi connectivity index (χ0v) is 17.2. The Morgan fingerprint density at radius 3 is 2.44 bits per heavy atom. The van der Waals surface area contributed by atoms with Gasteiger partial charge in [-0.15, -0.1) is 0 Å². The van der Waals surface area contributed by atoms with Crippen LogP contribution < -0.4 is 9.47 Å². The van der Waals surface area contributed by atoms with E-state index in [0.717, 1.165) is 76.0 Å². The van der Waals surface area contributed by atoms with E-state index < -0.39 is 5.60 Å². The van der Waals surface area contributed by atoms with E-state index in [1.165, 1.54) is 0 Å². The summed E-state index contributed by atoms with van der Waals surface area (Å²) in [6.45, 7) is 10.9. The second-order valence-electron chi connectivity index (χ2n) is 8.42. The van der Waals surface area contributed by atoms with Crippen molar-refractivity contribution in [2.75, 3.05) is 60.2 Å². The molecule has 0 spiro atoms. The molecule has 0 bridgehead atoms. The predicted molar refractivity (Wildman–Crippen MR) is 105 cm³/mol. The van der Waals surface area contributed by atoms with Crippen molar-refractivity contribution in [2.45, 2.75) is 32.4 Å². The molecule has 0 amide bonds. The topological polar surface area (TPSA) is 54.4 Å². The highest BCUT2D eigenvalue weighted by molar-refractivity contribution is 5.46. The molecule has 1 aromatic carbocycles. The standard InChI is InChI=1S/C21H34N2O4/c1-20(2)15-23(14-17-6-5-7-18(25-3)19(17)26-4)9-8-21(20,24)16-22-10-12-27-13-11-22/h5-7,24H,8-16H2,1-4H3/t21-/m1/s1. The second-order valence-corrected chi connectivity index (χ2v) is 8.42. The van der Waals surface area contributed by atoms with Crippen LogP contribution in [0, 0.1) is 5.41 Å². The van der Waals surface area contributed by atoms with Crippen LogP contribution in [-0.2, 0) is 11.3 Å². The number of ether oxygens (including phenoxy) is 3. The number of piperidine rings is 1. The van der Waals surface area contributed by atoms with Gasteiger partial charge in [-0.3, -0.25) is 9.80 Å². The summed E-state index contributed by atoms with van der Waals surface area (Å²) in [4.78, 5) is 4.75. The summed E-state index contributed by atoms with van der Waals surface area (Å²) in [5, 5.41) is 11.5. The molecule has 2 fully saturated rings. The number of rotatable bonds is 6. The van der Waals surface area contributed by atoms with Crippen molar-refractivity contribution in [2.24, 2.45) is 5.41 Å². The smallest absolute Gasteiger partial charge is 0.165 e. The summed E-state index contributed by atoms with van der Waals surface area (Å²) in [7, 11) is 3.35. The minimum atomic E-state index is -0.681. The van der Waals surface area contributed by atoms with Gasteiger partial charge in [0.1, 0.15) is 0 Å². The monoisotopic (exact) mass is 378 g/mol. The molecule has 3 rings (SSSR count). The number of hydrogen-bond acceptors (Lipinski definition) is 6. The third-order valence-corrected chi connectivity index (χ3v) is 6.19. The maximum absolute atomic E-state index is 11.5. The number of para-hydroxylation sites is 1. The lowest BCUT2D eigenvalue weighted by Crippen LogP contribution is -2.62. The molecule has 0 aromatic heterocycles. The lowest BCUT2D eigenvalue weighted by atomic mass is 9.69. The van der Waals surface area contributed by atoms with Crippen LogP contribution in [0.1, 0.15) is 25.8 Å². The minimum Gasteiger partial charge on any atom is -0.493 e. The highest BCUT2D eigenvalue weighted by Crippen LogP contribution is 2.41. The Balaban J connectivity index is 1.68. The fourth-order valence-electron chi connectivity index (χ4n) is 4.34. The summed E-state index contributed by atoms with van der Waals surface area (Å²) >= 11 is 0. The Morgan fingerprint density at radius 1 is 1.07 bits per heavy atom.